The van der Waals surface area contributed by atoms with E-state index in [2.05, 4.69) is 28.9 Å². The predicted molar refractivity (Wildman–Crippen MR) is 101 cm³/mol. The summed E-state index contributed by atoms with van der Waals surface area (Å²) in [4.78, 5) is 6.66. The molecule has 1 fully saturated rings. The van der Waals surface area contributed by atoms with Gasteiger partial charge in [-0.05, 0) is 25.7 Å². The number of guanidine groups is 1. The fourth-order valence-electron chi connectivity index (χ4n) is 2.86. The molecule has 0 aliphatic carbocycles. The Bertz CT molecular complexity index is 449. The van der Waals surface area contributed by atoms with Crippen LogP contribution in [0, 0.1) is 0 Å². The molecule has 1 aliphatic rings. The van der Waals surface area contributed by atoms with E-state index in [-0.39, 0.29) is 24.0 Å². The number of rotatable bonds is 5. The molecule has 0 unspecified atom stereocenters. The lowest BCUT2D eigenvalue weighted by Crippen LogP contribution is -2.38. The number of nitrogens with zero attached hydrogens (tertiary/aromatic N) is 3. The van der Waals surface area contributed by atoms with Gasteiger partial charge in [0.25, 0.3) is 0 Å². The quantitative estimate of drug-likeness (QED) is 0.446. The SMILES string of the molecule is CCC(CC)c1cc(CN=C(N)N2CCCCCC2)on1.I. The maximum atomic E-state index is 6.10. The molecule has 0 aromatic carbocycles. The topological polar surface area (TPSA) is 67.7 Å². The van der Waals surface area contributed by atoms with Crippen LogP contribution < -0.4 is 5.73 Å². The zero-order valence-electron chi connectivity index (χ0n) is 13.8. The summed E-state index contributed by atoms with van der Waals surface area (Å²) >= 11 is 0. The maximum absolute atomic E-state index is 6.10. The summed E-state index contributed by atoms with van der Waals surface area (Å²) < 4.78 is 5.38. The number of aromatic nitrogens is 1. The summed E-state index contributed by atoms with van der Waals surface area (Å²) in [6.07, 6.45) is 7.17. The molecule has 0 bridgehead atoms. The molecule has 5 nitrogen and oxygen atoms in total. The molecule has 6 heteroatoms. The highest BCUT2D eigenvalue weighted by Gasteiger charge is 2.14. The molecule has 2 heterocycles. The number of hydrogen-bond acceptors (Lipinski definition) is 3. The van der Waals surface area contributed by atoms with Crippen molar-refractivity contribution in [2.45, 2.75) is 64.8 Å². The van der Waals surface area contributed by atoms with Crippen LogP contribution in [-0.4, -0.2) is 29.1 Å². The average molecular weight is 420 g/mol. The van der Waals surface area contributed by atoms with Crippen LogP contribution in [0.3, 0.4) is 0 Å². The first kappa shape index (κ1) is 19.3. The van der Waals surface area contributed by atoms with Crippen molar-refractivity contribution in [1.82, 2.24) is 10.1 Å². The third-order valence-corrected chi connectivity index (χ3v) is 4.31. The average Bonchev–Trinajstić information content (AvgIpc) is 2.79. The Labute approximate surface area is 150 Å². The van der Waals surface area contributed by atoms with Crippen LogP contribution in [0.5, 0.6) is 0 Å². The Morgan fingerprint density at radius 1 is 1.27 bits per heavy atom. The van der Waals surface area contributed by atoms with E-state index in [0.29, 0.717) is 18.4 Å². The van der Waals surface area contributed by atoms with E-state index in [1.165, 1.54) is 25.7 Å². The van der Waals surface area contributed by atoms with E-state index in [1.54, 1.807) is 0 Å². The monoisotopic (exact) mass is 420 g/mol. The van der Waals surface area contributed by atoms with E-state index in [0.717, 1.165) is 37.4 Å². The highest BCUT2D eigenvalue weighted by atomic mass is 127. The molecule has 126 valence electrons. The largest absolute Gasteiger partial charge is 0.370 e. The Morgan fingerprint density at radius 3 is 2.50 bits per heavy atom. The van der Waals surface area contributed by atoms with Gasteiger partial charge in [0, 0.05) is 25.1 Å². The van der Waals surface area contributed by atoms with Crippen LogP contribution in [-0.2, 0) is 6.54 Å². The molecule has 0 spiro atoms. The first-order valence-electron chi connectivity index (χ1n) is 8.25. The second-order valence-corrected chi connectivity index (χ2v) is 5.81. The van der Waals surface area contributed by atoms with Crippen molar-refractivity contribution in [3.63, 3.8) is 0 Å². The molecule has 1 aliphatic heterocycles. The first-order valence-corrected chi connectivity index (χ1v) is 8.25. The molecule has 0 saturated carbocycles. The number of likely N-dealkylation sites (tertiary alicyclic amines) is 1. The Hall–Kier alpha value is -0.790. The van der Waals surface area contributed by atoms with Crippen molar-refractivity contribution in [2.75, 3.05) is 13.1 Å². The van der Waals surface area contributed by atoms with Gasteiger partial charge in [-0.15, -0.1) is 24.0 Å². The molecule has 0 radical (unpaired) electrons. The molecule has 1 aromatic rings. The summed E-state index contributed by atoms with van der Waals surface area (Å²) in [5.41, 5.74) is 7.14. The number of halogens is 1. The van der Waals surface area contributed by atoms with Crippen molar-refractivity contribution in [1.29, 1.82) is 0 Å². The summed E-state index contributed by atoms with van der Waals surface area (Å²) in [5, 5.41) is 4.16. The smallest absolute Gasteiger partial charge is 0.191 e. The van der Waals surface area contributed by atoms with Gasteiger partial charge in [-0.2, -0.15) is 0 Å². The summed E-state index contributed by atoms with van der Waals surface area (Å²) in [6, 6.07) is 2.02. The molecule has 1 aromatic heterocycles. The summed E-state index contributed by atoms with van der Waals surface area (Å²) in [5.74, 6) is 1.92. The highest BCUT2D eigenvalue weighted by Crippen LogP contribution is 2.22. The minimum atomic E-state index is 0. The van der Waals surface area contributed by atoms with Crippen molar-refractivity contribution in [3.8, 4) is 0 Å². The molecule has 0 amide bonds. The van der Waals surface area contributed by atoms with Gasteiger partial charge in [0.05, 0.1) is 5.69 Å². The van der Waals surface area contributed by atoms with Gasteiger partial charge >= 0.3 is 0 Å². The first-order chi connectivity index (χ1) is 10.2. The molecule has 0 atom stereocenters. The van der Waals surface area contributed by atoms with Gasteiger partial charge in [-0.1, -0.05) is 31.8 Å². The minimum absolute atomic E-state index is 0. The summed E-state index contributed by atoms with van der Waals surface area (Å²) in [6.45, 7) is 6.88. The molecule has 2 rings (SSSR count). The lowest BCUT2D eigenvalue weighted by Gasteiger charge is -2.20. The Kier molecular flexibility index (Phi) is 8.82. The zero-order valence-corrected chi connectivity index (χ0v) is 16.1. The Balaban J connectivity index is 0.00000242. The zero-order chi connectivity index (χ0) is 15.1. The number of aliphatic imine (C=N–C) groups is 1. The van der Waals surface area contributed by atoms with E-state index in [1.807, 2.05) is 6.07 Å². The third kappa shape index (κ3) is 5.44. The van der Waals surface area contributed by atoms with E-state index < -0.39 is 0 Å². The van der Waals surface area contributed by atoms with Gasteiger partial charge in [0.2, 0.25) is 0 Å². The van der Waals surface area contributed by atoms with E-state index >= 15 is 0 Å². The number of hydrogen-bond donors (Lipinski definition) is 1. The number of nitrogens with two attached hydrogens (primary N) is 1. The van der Waals surface area contributed by atoms with Gasteiger partial charge < -0.3 is 15.2 Å². The standard InChI is InChI=1S/C16H28N4O.HI/c1-3-13(4-2)15-11-14(21-19-15)12-18-16(17)20-9-7-5-6-8-10-20;/h11,13H,3-10,12H2,1-2H3,(H2,17,18);1H. The fraction of sp³-hybridized carbons (Fsp3) is 0.750. The van der Waals surface area contributed by atoms with E-state index in [4.69, 9.17) is 10.3 Å². The fourth-order valence-corrected chi connectivity index (χ4v) is 2.86. The van der Waals surface area contributed by atoms with Gasteiger partial charge in [-0.25, -0.2) is 4.99 Å². The van der Waals surface area contributed by atoms with Crippen LogP contribution >= 0.6 is 24.0 Å². The van der Waals surface area contributed by atoms with Crippen LogP contribution in [0.1, 0.15) is 69.7 Å². The van der Waals surface area contributed by atoms with Crippen LogP contribution in [0.2, 0.25) is 0 Å². The Morgan fingerprint density at radius 2 is 1.91 bits per heavy atom. The van der Waals surface area contributed by atoms with Crippen LogP contribution in [0.25, 0.3) is 0 Å². The molecular formula is C16H29IN4O. The maximum Gasteiger partial charge on any atom is 0.191 e. The van der Waals surface area contributed by atoms with Crippen LogP contribution in [0.4, 0.5) is 0 Å². The van der Waals surface area contributed by atoms with E-state index in [9.17, 15) is 0 Å². The van der Waals surface area contributed by atoms with Gasteiger partial charge in [0.15, 0.2) is 11.7 Å². The van der Waals surface area contributed by atoms with Crippen molar-refractivity contribution in [2.24, 2.45) is 10.7 Å². The molecule has 22 heavy (non-hydrogen) atoms. The predicted octanol–water partition coefficient (Wildman–Crippen LogP) is 3.89. The van der Waals surface area contributed by atoms with Gasteiger partial charge in [0.1, 0.15) is 6.54 Å². The lowest BCUT2D eigenvalue weighted by molar-refractivity contribution is 0.370. The molecule has 1 saturated heterocycles. The molecular weight excluding hydrogens is 391 g/mol. The second-order valence-electron chi connectivity index (χ2n) is 5.81. The lowest BCUT2D eigenvalue weighted by atomic mass is 9.99. The molecule has 2 N–H and O–H groups in total. The van der Waals surface area contributed by atoms with Crippen LogP contribution in [0.15, 0.2) is 15.6 Å². The minimum Gasteiger partial charge on any atom is -0.370 e. The second kappa shape index (κ2) is 10.1. The third-order valence-electron chi connectivity index (χ3n) is 4.31. The van der Waals surface area contributed by atoms with Crippen molar-refractivity contribution >= 4 is 29.9 Å². The van der Waals surface area contributed by atoms with Crippen molar-refractivity contribution < 1.29 is 4.52 Å². The highest BCUT2D eigenvalue weighted by molar-refractivity contribution is 14.0. The van der Waals surface area contributed by atoms with Gasteiger partial charge in [-0.3, -0.25) is 0 Å². The summed E-state index contributed by atoms with van der Waals surface area (Å²) in [7, 11) is 0. The normalized spacial score (nSPS) is 16.5. The van der Waals surface area contributed by atoms with Crippen molar-refractivity contribution in [3.05, 3.63) is 17.5 Å².